The molecule has 4 saturated heterocycles. The summed E-state index contributed by atoms with van der Waals surface area (Å²) in [6.45, 7) is 14.9. The molecule has 8 aromatic heterocycles. The molecule has 4 aliphatic heterocycles. The molecule has 0 unspecified atom stereocenters. The van der Waals surface area contributed by atoms with E-state index < -0.39 is 0 Å². The Labute approximate surface area is 891 Å². The van der Waals surface area contributed by atoms with E-state index in [0.717, 1.165) is 177 Å². The van der Waals surface area contributed by atoms with Crippen molar-refractivity contribution in [1.82, 2.24) is 76.1 Å². The van der Waals surface area contributed by atoms with Crippen molar-refractivity contribution >= 4 is 130 Å². The Morgan fingerprint density at radius 3 is 0.628 bits per heavy atom. The summed E-state index contributed by atoms with van der Waals surface area (Å²) < 4.78 is 43.3. The number of carbonyl (C=O) groups excluding carboxylic acids is 4. The number of morpholine rings is 4. The second-order valence-corrected chi connectivity index (χ2v) is 41.0. The largest absolute Gasteiger partial charge is 0.378 e. The van der Waals surface area contributed by atoms with Crippen LogP contribution in [0.5, 0.6) is 0 Å². The van der Waals surface area contributed by atoms with Gasteiger partial charge in [-0.25, -0.2) is 19.9 Å². The summed E-state index contributed by atoms with van der Waals surface area (Å²) >= 11 is 14.0. The molecule has 4 amide bonds. The minimum Gasteiger partial charge on any atom is -0.378 e. The average molecular weight is 2220 g/mol. The molecule has 0 radical (unpaired) electrons. The maximum atomic E-state index is 13.7. The number of hydrogen-bond acceptors (Lipinski definition) is 12. The molecule has 0 aliphatic carbocycles. The number of fused-ring (bicyclic) bond motifs is 4. The van der Waals surface area contributed by atoms with Crippen molar-refractivity contribution < 1.29 is 38.1 Å². The first kappa shape index (κ1) is 99.3. The van der Waals surface area contributed by atoms with Crippen LogP contribution in [0.3, 0.4) is 0 Å². The van der Waals surface area contributed by atoms with Crippen molar-refractivity contribution in [1.29, 1.82) is 0 Å². The normalized spacial score (nSPS) is 13.8. The molecule has 24 rings (SSSR count). The molecule has 20 aromatic rings. The highest BCUT2D eigenvalue weighted by atomic mass is 79.9. The smallest absolute Gasteiger partial charge is 0.256 e. The molecule has 28 heteroatoms. The Hall–Kier alpha value is -14.7. The SMILES string of the molecule is O=C(c1cn(Cc2cncn2Cc2ccc(Br)cc2)cc1-c1cccc2ccccc12)N1CCOCC1.O=C(c1cn(Cc2cncn2Cc2ccc(Br)cc2)cc1-c1cccc2ccccc12)N1CCOCC1.O=C(c1cn(Cc2cncn2Cc2ccc(Br)cc2)cc1-c1cccc2ccccc12)N1CCOCC1.O=C(c1cn(Cc2cncn2Cc2ccc(Br)cc2)cc1-c1cccc2ccccc12)N1CCOCC1. The summed E-state index contributed by atoms with van der Waals surface area (Å²) in [5.74, 6) is 0.198. The van der Waals surface area contributed by atoms with E-state index in [1.807, 2.05) is 143 Å². The van der Waals surface area contributed by atoms with Gasteiger partial charge in [-0.2, -0.15) is 0 Å². The van der Waals surface area contributed by atoms with E-state index in [1.54, 1.807) is 0 Å². The number of halogens is 4. The van der Waals surface area contributed by atoms with Gasteiger partial charge in [0.25, 0.3) is 23.6 Å². The fourth-order valence-corrected chi connectivity index (χ4v) is 21.0. The molecule has 0 saturated carbocycles. The topological polar surface area (TPSA) is 209 Å². The number of nitrogens with zero attached hydrogens (tertiary/aromatic N) is 16. The number of carbonyl (C=O) groups is 4. The molecule has 0 spiro atoms. The van der Waals surface area contributed by atoms with Gasteiger partial charge in [0, 0.05) is 193 Å². The zero-order chi connectivity index (χ0) is 101. The summed E-state index contributed by atoms with van der Waals surface area (Å²) in [5.41, 5.74) is 20.1. The molecule has 744 valence electrons. The lowest BCUT2D eigenvalue weighted by molar-refractivity contribution is 0.0302. The standard InChI is InChI=1S/4C30H27BrN4O2/c4*31-24-10-8-22(9-11-24)17-35-21-32-16-25(35)18-33-19-28(27-7-3-5-23-4-1-2-6-26(23)27)29(20-33)30(36)34-12-14-37-15-13-34/h4*1-11,16,19-21H,12-15,17-18H2. The summed E-state index contributed by atoms with van der Waals surface area (Å²) in [7, 11) is 0. The Balaban J connectivity index is 0.000000116. The number of imidazole rings is 4. The van der Waals surface area contributed by atoms with Crippen molar-refractivity contribution in [3.05, 3.63) is 452 Å². The van der Waals surface area contributed by atoms with Crippen LogP contribution < -0.4 is 0 Å². The number of ether oxygens (including phenoxy) is 4. The lowest BCUT2D eigenvalue weighted by Gasteiger charge is -2.27. The zero-order valence-electron chi connectivity index (χ0n) is 81.5. The average Bonchev–Trinajstić information content (AvgIpc) is 1.65. The highest BCUT2D eigenvalue weighted by Gasteiger charge is 2.31. The van der Waals surface area contributed by atoms with Crippen LogP contribution >= 0.6 is 63.7 Å². The van der Waals surface area contributed by atoms with Crippen molar-refractivity contribution in [2.75, 3.05) is 105 Å². The predicted molar refractivity (Wildman–Crippen MR) is 595 cm³/mol. The number of rotatable bonds is 24. The highest BCUT2D eigenvalue weighted by Crippen LogP contribution is 2.40. The van der Waals surface area contributed by atoms with Gasteiger partial charge in [-0.15, -0.1) is 0 Å². The van der Waals surface area contributed by atoms with Gasteiger partial charge in [0.15, 0.2) is 0 Å². The van der Waals surface area contributed by atoms with Crippen LogP contribution in [0.1, 0.15) is 86.5 Å². The second kappa shape index (κ2) is 46.6. The van der Waals surface area contributed by atoms with E-state index >= 15 is 0 Å². The van der Waals surface area contributed by atoms with E-state index in [0.29, 0.717) is 131 Å². The minimum absolute atomic E-state index is 0.0494. The molecule has 0 atom stereocenters. The maximum Gasteiger partial charge on any atom is 0.256 e. The van der Waals surface area contributed by atoms with Gasteiger partial charge >= 0.3 is 0 Å². The van der Waals surface area contributed by atoms with Crippen LogP contribution in [0.15, 0.2) is 384 Å². The van der Waals surface area contributed by atoms with Crippen LogP contribution in [-0.4, -0.2) is 205 Å². The summed E-state index contributed by atoms with van der Waals surface area (Å²) in [4.78, 5) is 80.1. The molecule has 148 heavy (non-hydrogen) atoms. The summed E-state index contributed by atoms with van der Waals surface area (Å²) in [6.07, 6.45) is 31.5. The van der Waals surface area contributed by atoms with E-state index in [-0.39, 0.29) is 23.6 Å². The van der Waals surface area contributed by atoms with E-state index in [2.05, 4.69) is 363 Å². The van der Waals surface area contributed by atoms with Gasteiger partial charge in [-0.1, -0.05) is 282 Å². The van der Waals surface area contributed by atoms with Gasteiger partial charge in [0.1, 0.15) is 0 Å². The fourth-order valence-electron chi connectivity index (χ4n) is 19.9. The van der Waals surface area contributed by atoms with Gasteiger partial charge < -0.3 is 75.1 Å². The van der Waals surface area contributed by atoms with Crippen molar-refractivity contribution in [2.24, 2.45) is 0 Å². The highest BCUT2D eigenvalue weighted by molar-refractivity contribution is 9.11. The van der Waals surface area contributed by atoms with Crippen molar-refractivity contribution in [3.63, 3.8) is 0 Å². The molecule has 0 bridgehead atoms. The molecular weight excluding hydrogens is 2110 g/mol. The van der Waals surface area contributed by atoms with Gasteiger partial charge in [0.2, 0.25) is 0 Å². The maximum absolute atomic E-state index is 13.7. The van der Waals surface area contributed by atoms with E-state index in [4.69, 9.17) is 18.9 Å². The Morgan fingerprint density at radius 1 is 0.223 bits per heavy atom. The molecule has 12 aromatic carbocycles. The number of benzene rings is 12. The Kier molecular flexibility index (Phi) is 31.2. The quantitative estimate of drug-likeness (QED) is 0.0553. The second-order valence-electron chi connectivity index (χ2n) is 37.3. The van der Waals surface area contributed by atoms with Crippen molar-refractivity contribution in [2.45, 2.75) is 52.4 Å². The molecular formula is C120H108Br4N16O8. The minimum atomic E-state index is 0.0494. The van der Waals surface area contributed by atoms with E-state index in [1.165, 1.54) is 22.3 Å². The third-order valence-electron chi connectivity index (χ3n) is 27.6. The van der Waals surface area contributed by atoms with Crippen LogP contribution in [0, 0.1) is 0 Å². The summed E-state index contributed by atoms with van der Waals surface area (Å²) in [5, 5.41) is 9.18. The molecule has 4 fully saturated rings. The number of hydrogen-bond donors (Lipinski definition) is 0. The zero-order valence-corrected chi connectivity index (χ0v) is 87.9. The van der Waals surface area contributed by atoms with Crippen LogP contribution in [-0.2, 0) is 71.3 Å². The lowest BCUT2D eigenvalue weighted by Crippen LogP contribution is -2.40. The number of amides is 4. The number of aromatic nitrogens is 12. The Bertz CT molecular complexity index is 7110. The first-order valence-corrected chi connectivity index (χ1v) is 52.9. The van der Waals surface area contributed by atoms with Gasteiger partial charge in [-0.3, -0.25) is 19.2 Å². The first-order valence-electron chi connectivity index (χ1n) is 49.8. The monoisotopic (exact) mass is 2220 g/mol. The van der Waals surface area contributed by atoms with Crippen LogP contribution in [0.25, 0.3) is 87.6 Å². The van der Waals surface area contributed by atoms with Gasteiger partial charge in [-0.05, 0) is 136 Å². The first-order chi connectivity index (χ1) is 72.6. The fraction of sp³-hybridized carbons (Fsp3) is 0.200. The molecule has 0 N–H and O–H groups in total. The summed E-state index contributed by atoms with van der Waals surface area (Å²) in [6, 6.07) is 91.8. The lowest BCUT2D eigenvalue weighted by atomic mass is 9.97. The van der Waals surface area contributed by atoms with Crippen molar-refractivity contribution in [3.8, 4) is 44.5 Å². The van der Waals surface area contributed by atoms with Gasteiger partial charge in [0.05, 0.1) is 149 Å². The third kappa shape index (κ3) is 23.3. The predicted octanol–water partition coefficient (Wildman–Crippen LogP) is 23.3. The van der Waals surface area contributed by atoms with E-state index in [9.17, 15) is 19.2 Å². The molecule has 12 heterocycles. The molecule has 24 nitrogen and oxygen atoms in total. The van der Waals surface area contributed by atoms with Crippen LogP contribution in [0.2, 0.25) is 0 Å². The Morgan fingerprint density at radius 2 is 0.419 bits per heavy atom. The van der Waals surface area contributed by atoms with Crippen LogP contribution in [0.4, 0.5) is 0 Å². The third-order valence-corrected chi connectivity index (χ3v) is 29.7. The molecule has 4 aliphatic rings.